The van der Waals surface area contributed by atoms with Crippen molar-refractivity contribution in [3.8, 4) is 0 Å². The maximum atomic E-state index is 8.30. The van der Waals surface area contributed by atoms with E-state index in [0.29, 0.717) is 5.71 Å². The van der Waals surface area contributed by atoms with Gasteiger partial charge >= 0.3 is 0 Å². The van der Waals surface area contributed by atoms with E-state index in [9.17, 15) is 0 Å². The molecule has 3 aromatic rings. The summed E-state index contributed by atoms with van der Waals surface area (Å²) >= 11 is 0. The van der Waals surface area contributed by atoms with Gasteiger partial charge in [-0.1, -0.05) is 139 Å². The number of fused-ring (bicyclic) bond motifs is 1. The molecule has 1 N–H and O–H groups in total. The average Bonchev–Trinajstić information content (AvgIpc) is 3.04. The van der Waals surface area contributed by atoms with Gasteiger partial charge in [0.05, 0.1) is 5.71 Å². The second kappa shape index (κ2) is 22.1. The molecule has 0 fully saturated rings. The number of nitrogens with one attached hydrogen (secondary N) is 1. The standard InChI is InChI=1S/C22H25N.C11H10.3C2H6/c1-4-10-18(5-2)21-14-9-13-20(16-21)17(3)15-22(23)19-11-7-6-8-12-19;1-9-5-4-7-10-6-2-3-8-11(9)10;3*1-2/h4-7,9-11,13-16,23H,8,12H2,1-3H3;2-8H,1H3;3*1-2H3/b10-4-,17-15+,18-5+,23-22?;;;;. The summed E-state index contributed by atoms with van der Waals surface area (Å²) in [4.78, 5) is 0. The Labute approximate surface area is 246 Å². The molecule has 0 spiro atoms. The molecule has 0 saturated heterocycles. The second-order valence-corrected chi connectivity index (χ2v) is 8.52. The van der Waals surface area contributed by atoms with Crippen LogP contribution in [0.4, 0.5) is 0 Å². The lowest BCUT2D eigenvalue weighted by Crippen LogP contribution is -2.00. The monoisotopic (exact) mass is 535 g/mol. The summed E-state index contributed by atoms with van der Waals surface area (Å²) in [5.41, 5.74) is 7.82. The van der Waals surface area contributed by atoms with Crippen LogP contribution < -0.4 is 0 Å². The van der Waals surface area contributed by atoms with Gasteiger partial charge in [0.25, 0.3) is 0 Å². The summed E-state index contributed by atoms with van der Waals surface area (Å²) in [6, 6.07) is 23.4. The number of hydrogen-bond acceptors (Lipinski definition) is 1. The van der Waals surface area contributed by atoms with Crippen molar-refractivity contribution in [2.75, 3.05) is 0 Å². The highest BCUT2D eigenvalue weighted by molar-refractivity contribution is 6.10. The zero-order valence-electron chi connectivity index (χ0n) is 26.8. The molecule has 40 heavy (non-hydrogen) atoms. The molecule has 1 nitrogen and oxygen atoms in total. The predicted octanol–water partition coefficient (Wildman–Crippen LogP) is 12.6. The Morgan fingerprint density at radius 3 is 2.02 bits per heavy atom. The maximum Gasteiger partial charge on any atom is 0.0574 e. The van der Waals surface area contributed by atoms with Crippen molar-refractivity contribution in [2.24, 2.45) is 0 Å². The third-order valence-corrected chi connectivity index (χ3v) is 6.04. The highest BCUT2D eigenvalue weighted by Crippen LogP contribution is 2.23. The molecule has 0 atom stereocenters. The van der Waals surface area contributed by atoms with Gasteiger partial charge in [0.1, 0.15) is 0 Å². The van der Waals surface area contributed by atoms with Crippen LogP contribution >= 0.6 is 0 Å². The van der Waals surface area contributed by atoms with E-state index in [0.717, 1.165) is 24.0 Å². The zero-order chi connectivity index (χ0) is 30.3. The maximum absolute atomic E-state index is 8.30. The first-order valence-electron chi connectivity index (χ1n) is 15.0. The van der Waals surface area contributed by atoms with Crippen LogP contribution in [0.1, 0.15) is 91.8 Å². The minimum atomic E-state index is 0.622. The molecular formula is C39H53N. The van der Waals surface area contributed by atoms with Crippen LogP contribution in [0.15, 0.2) is 115 Å². The number of allylic oxidation sites excluding steroid dienone is 10. The smallest absolute Gasteiger partial charge is 0.0574 e. The fourth-order valence-electron chi connectivity index (χ4n) is 4.09. The van der Waals surface area contributed by atoms with Gasteiger partial charge in [0, 0.05) is 0 Å². The van der Waals surface area contributed by atoms with Crippen LogP contribution in [-0.2, 0) is 0 Å². The molecule has 3 aromatic carbocycles. The zero-order valence-corrected chi connectivity index (χ0v) is 26.8. The van der Waals surface area contributed by atoms with Crippen molar-refractivity contribution < 1.29 is 0 Å². The average molecular weight is 536 g/mol. The molecule has 0 heterocycles. The van der Waals surface area contributed by atoms with Gasteiger partial charge in [0.15, 0.2) is 0 Å². The van der Waals surface area contributed by atoms with Gasteiger partial charge in [-0.05, 0) is 96.9 Å². The second-order valence-electron chi connectivity index (χ2n) is 8.52. The van der Waals surface area contributed by atoms with E-state index in [1.165, 1.54) is 33.0 Å². The van der Waals surface area contributed by atoms with Crippen LogP contribution in [-0.4, -0.2) is 5.71 Å². The lowest BCUT2D eigenvalue weighted by atomic mass is 9.95. The van der Waals surface area contributed by atoms with Crippen molar-refractivity contribution >= 4 is 27.6 Å². The lowest BCUT2D eigenvalue weighted by molar-refractivity contribution is 1.00. The molecule has 0 saturated carbocycles. The van der Waals surface area contributed by atoms with Crippen molar-refractivity contribution in [2.45, 2.75) is 82.1 Å². The van der Waals surface area contributed by atoms with Gasteiger partial charge < -0.3 is 5.41 Å². The van der Waals surface area contributed by atoms with E-state index < -0.39 is 0 Å². The minimum absolute atomic E-state index is 0.622. The Balaban J connectivity index is 0.000000743. The first-order valence-corrected chi connectivity index (χ1v) is 15.0. The molecule has 0 radical (unpaired) electrons. The molecule has 0 aliphatic heterocycles. The van der Waals surface area contributed by atoms with Gasteiger partial charge in [-0.2, -0.15) is 0 Å². The van der Waals surface area contributed by atoms with E-state index in [4.69, 9.17) is 5.41 Å². The number of benzene rings is 3. The van der Waals surface area contributed by atoms with Crippen molar-refractivity contribution in [3.05, 3.63) is 132 Å². The van der Waals surface area contributed by atoms with Crippen molar-refractivity contribution in [3.63, 3.8) is 0 Å². The van der Waals surface area contributed by atoms with Gasteiger partial charge in [-0.3, -0.25) is 0 Å². The van der Waals surface area contributed by atoms with E-state index in [1.807, 2.05) is 60.6 Å². The van der Waals surface area contributed by atoms with E-state index in [1.54, 1.807) is 0 Å². The SMILES string of the molecule is C/C=C\C(=C/C)c1cccc(/C(C)=C/C(=N)C2=CC=CCC2)c1.CC.CC.CC.Cc1cccc2ccccc12. The Bertz CT molecular complexity index is 1290. The van der Waals surface area contributed by atoms with E-state index in [2.05, 4.69) is 118 Å². The fourth-order valence-corrected chi connectivity index (χ4v) is 4.09. The fraction of sp³-hybridized carbons (Fsp3) is 0.308. The highest BCUT2D eigenvalue weighted by Gasteiger charge is 2.06. The summed E-state index contributed by atoms with van der Waals surface area (Å²) in [7, 11) is 0. The van der Waals surface area contributed by atoms with Crippen molar-refractivity contribution in [1.29, 1.82) is 5.41 Å². The Kier molecular flexibility index (Phi) is 20.1. The molecule has 214 valence electrons. The first-order chi connectivity index (χ1) is 19.5. The summed E-state index contributed by atoms with van der Waals surface area (Å²) in [5, 5.41) is 11.0. The van der Waals surface area contributed by atoms with Crippen LogP contribution in [0, 0.1) is 12.3 Å². The summed E-state index contributed by atoms with van der Waals surface area (Å²) < 4.78 is 0. The molecular weight excluding hydrogens is 482 g/mol. The molecule has 0 amide bonds. The quantitative estimate of drug-likeness (QED) is 0.248. The highest BCUT2D eigenvalue weighted by atomic mass is 14.4. The predicted molar refractivity (Wildman–Crippen MR) is 185 cm³/mol. The van der Waals surface area contributed by atoms with Gasteiger partial charge in [-0.25, -0.2) is 0 Å². The largest absolute Gasteiger partial charge is 0.301 e. The Morgan fingerprint density at radius 1 is 0.800 bits per heavy atom. The van der Waals surface area contributed by atoms with E-state index in [-0.39, 0.29) is 0 Å². The van der Waals surface area contributed by atoms with Gasteiger partial charge in [-0.15, -0.1) is 0 Å². The molecule has 0 aromatic heterocycles. The number of rotatable bonds is 5. The minimum Gasteiger partial charge on any atom is -0.301 e. The summed E-state index contributed by atoms with van der Waals surface area (Å²) in [6.07, 6.45) is 16.5. The van der Waals surface area contributed by atoms with Crippen LogP contribution in [0.5, 0.6) is 0 Å². The first kappa shape index (κ1) is 36.3. The topological polar surface area (TPSA) is 23.9 Å². The van der Waals surface area contributed by atoms with Crippen LogP contribution in [0.25, 0.3) is 21.9 Å². The van der Waals surface area contributed by atoms with Crippen LogP contribution in [0.3, 0.4) is 0 Å². The number of aryl methyl sites for hydroxylation is 1. The molecule has 1 heteroatoms. The molecule has 1 aliphatic rings. The molecule has 0 bridgehead atoms. The third-order valence-electron chi connectivity index (χ3n) is 6.04. The van der Waals surface area contributed by atoms with Crippen molar-refractivity contribution in [1.82, 2.24) is 0 Å². The lowest BCUT2D eigenvalue weighted by Gasteiger charge is -2.10. The van der Waals surface area contributed by atoms with Gasteiger partial charge in [0.2, 0.25) is 0 Å². The Hall–Kier alpha value is -3.71. The van der Waals surface area contributed by atoms with E-state index >= 15 is 0 Å². The van der Waals surface area contributed by atoms with Crippen LogP contribution in [0.2, 0.25) is 0 Å². The molecule has 4 rings (SSSR count). The summed E-state index contributed by atoms with van der Waals surface area (Å²) in [5.74, 6) is 0. The summed E-state index contributed by atoms with van der Waals surface area (Å²) in [6.45, 7) is 20.3. The molecule has 1 aliphatic carbocycles. The Morgan fingerprint density at radius 2 is 1.43 bits per heavy atom. The molecule has 0 unspecified atom stereocenters. The normalized spacial score (nSPS) is 12.4. The third kappa shape index (κ3) is 12.0. The number of hydrogen-bond donors (Lipinski definition) is 1.